The maximum Gasteiger partial charge on any atom is 0.0524 e. The normalized spacial score (nSPS) is 14.2. The minimum Gasteiger partial charge on any atom is -0.339 e. The highest BCUT2D eigenvalue weighted by molar-refractivity contribution is 5.88. The molecule has 0 atom stereocenters. The van der Waals surface area contributed by atoms with Crippen molar-refractivity contribution in [2.45, 2.75) is 38.6 Å². The fourth-order valence-electron chi connectivity index (χ4n) is 5.19. The Bertz CT molecular complexity index is 1240. The number of fused-ring (bicyclic) bond motifs is 1. The van der Waals surface area contributed by atoms with Gasteiger partial charge in [0.2, 0.25) is 0 Å². The lowest BCUT2D eigenvalue weighted by Crippen LogP contribution is -2.07. The second-order valence-electron chi connectivity index (χ2n) is 8.85. The van der Waals surface area contributed by atoms with E-state index in [2.05, 4.69) is 114 Å². The van der Waals surface area contributed by atoms with Crippen molar-refractivity contribution in [3.8, 4) is 11.3 Å². The van der Waals surface area contributed by atoms with Crippen LogP contribution in [-0.4, -0.2) is 4.57 Å². The number of hydrogen-bond acceptors (Lipinski definition) is 0. The molecular weight excluding hydrogens is 398 g/mol. The summed E-state index contributed by atoms with van der Waals surface area (Å²) in [4.78, 5) is 0. The summed E-state index contributed by atoms with van der Waals surface area (Å²) in [5.74, 6) is 0. The van der Waals surface area contributed by atoms with E-state index in [9.17, 15) is 0 Å². The standard InChI is InChI=1S/C32H31N/c1-2-3-22-30-31-28(23-25-14-7-4-8-15-25)20-13-21-29(31)32(27-18-11-6-12-19-27)33(30)24-26-16-9-5-10-17-26/h2,4-12,14-19,23H,1,3,13,20-22,24H2/b28-23+. The zero-order valence-corrected chi connectivity index (χ0v) is 19.2. The average molecular weight is 430 g/mol. The first-order chi connectivity index (χ1) is 16.3. The minimum absolute atomic E-state index is 0.892. The van der Waals surface area contributed by atoms with Crippen molar-refractivity contribution in [3.63, 3.8) is 0 Å². The molecule has 0 bridgehead atoms. The van der Waals surface area contributed by atoms with Gasteiger partial charge < -0.3 is 4.57 Å². The van der Waals surface area contributed by atoms with Crippen LogP contribution in [-0.2, 0) is 19.4 Å². The van der Waals surface area contributed by atoms with Gasteiger partial charge in [0.05, 0.1) is 5.69 Å². The van der Waals surface area contributed by atoms with Crippen molar-refractivity contribution in [2.75, 3.05) is 0 Å². The van der Waals surface area contributed by atoms with Crippen LogP contribution in [0.4, 0.5) is 0 Å². The number of nitrogens with zero attached hydrogens (tertiary/aromatic N) is 1. The van der Waals surface area contributed by atoms with Crippen molar-refractivity contribution >= 4 is 11.6 Å². The second kappa shape index (κ2) is 9.92. The van der Waals surface area contributed by atoms with E-state index in [4.69, 9.17) is 0 Å². The molecule has 5 rings (SSSR count). The van der Waals surface area contributed by atoms with Gasteiger partial charge in [-0.25, -0.2) is 0 Å². The molecule has 0 spiro atoms. The average Bonchev–Trinajstić information content (AvgIpc) is 3.18. The quantitative estimate of drug-likeness (QED) is 0.261. The SMILES string of the molecule is C=CCCc1c2c(c(-c3ccccc3)n1Cc1ccccc1)CCC/C2=C\c1ccccc1. The predicted octanol–water partition coefficient (Wildman–Crippen LogP) is 8.20. The molecular formula is C32H31N. The number of aromatic nitrogens is 1. The summed E-state index contributed by atoms with van der Waals surface area (Å²) in [5.41, 5.74) is 11.3. The van der Waals surface area contributed by atoms with Crippen LogP contribution in [0.5, 0.6) is 0 Å². The van der Waals surface area contributed by atoms with Crippen LogP contribution >= 0.6 is 0 Å². The first-order valence-electron chi connectivity index (χ1n) is 12.1. The Hall–Kier alpha value is -3.58. The van der Waals surface area contributed by atoms with Crippen LogP contribution in [0.25, 0.3) is 22.9 Å². The molecule has 164 valence electrons. The Morgan fingerprint density at radius 3 is 2.15 bits per heavy atom. The van der Waals surface area contributed by atoms with Crippen molar-refractivity contribution < 1.29 is 0 Å². The fourth-order valence-corrected chi connectivity index (χ4v) is 5.19. The lowest BCUT2D eigenvalue weighted by molar-refractivity contribution is 0.742. The minimum atomic E-state index is 0.892. The molecule has 1 heterocycles. The molecule has 0 fully saturated rings. The van der Waals surface area contributed by atoms with Crippen molar-refractivity contribution in [3.05, 3.63) is 132 Å². The summed E-state index contributed by atoms with van der Waals surface area (Å²) in [6.07, 6.45) is 9.92. The Morgan fingerprint density at radius 1 is 0.788 bits per heavy atom. The van der Waals surface area contributed by atoms with Gasteiger partial charge in [0.25, 0.3) is 0 Å². The molecule has 0 radical (unpaired) electrons. The molecule has 0 saturated carbocycles. The topological polar surface area (TPSA) is 4.93 Å². The molecule has 1 aromatic heterocycles. The maximum absolute atomic E-state index is 4.03. The van der Waals surface area contributed by atoms with Gasteiger partial charge in [-0.05, 0) is 59.9 Å². The summed E-state index contributed by atoms with van der Waals surface area (Å²) in [7, 11) is 0. The number of rotatable bonds is 7. The van der Waals surface area contributed by atoms with Crippen LogP contribution in [0.2, 0.25) is 0 Å². The van der Waals surface area contributed by atoms with Crippen molar-refractivity contribution in [2.24, 2.45) is 0 Å². The van der Waals surface area contributed by atoms with Gasteiger partial charge in [0.1, 0.15) is 0 Å². The number of hydrogen-bond donors (Lipinski definition) is 0. The van der Waals surface area contributed by atoms with Crippen molar-refractivity contribution in [1.82, 2.24) is 4.57 Å². The van der Waals surface area contributed by atoms with Crippen molar-refractivity contribution in [1.29, 1.82) is 0 Å². The van der Waals surface area contributed by atoms with Gasteiger partial charge in [0, 0.05) is 17.8 Å². The number of allylic oxidation sites excluding steroid dienone is 2. The van der Waals surface area contributed by atoms with E-state index in [1.807, 2.05) is 0 Å². The molecule has 0 N–H and O–H groups in total. The van der Waals surface area contributed by atoms with E-state index in [0.717, 1.165) is 32.2 Å². The zero-order valence-electron chi connectivity index (χ0n) is 19.2. The molecule has 33 heavy (non-hydrogen) atoms. The van der Waals surface area contributed by atoms with E-state index in [0.29, 0.717) is 0 Å². The van der Waals surface area contributed by atoms with Crippen LogP contribution in [0.3, 0.4) is 0 Å². The molecule has 3 aromatic carbocycles. The predicted molar refractivity (Wildman–Crippen MR) is 141 cm³/mol. The monoisotopic (exact) mass is 429 g/mol. The van der Waals surface area contributed by atoms with Gasteiger partial charge >= 0.3 is 0 Å². The Balaban J connectivity index is 1.75. The van der Waals surface area contributed by atoms with Crippen LogP contribution < -0.4 is 0 Å². The van der Waals surface area contributed by atoms with Crippen LogP contribution in [0.15, 0.2) is 104 Å². The molecule has 0 unspecified atom stereocenters. The van der Waals surface area contributed by atoms with E-state index >= 15 is 0 Å². The molecule has 1 heteroatoms. The summed E-state index contributed by atoms with van der Waals surface area (Å²) >= 11 is 0. The van der Waals surface area contributed by atoms with Gasteiger partial charge in [-0.15, -0.1) is 6.58 Å². The molecule has 1 aliphatic carbocycles. The largest absolute Gasteiger partial charge is 0.339 e. The fraction of sp³-hybridized carbons (Fsp3) is 0.188. The molecule has 0 amide bonds. The van der Waals surface area contributed by atoms with E-state index in [1.165, 1.54) is 51.2 Å². The highest BCUT2D eigenvalue weighted by Crippen LogP contribution is 2.43. The Labute approximate surface area is 197 Å². The third-order valence-electron chi connectivity index (χ3n) is 6.62. The van der Waals surface area contributed by atoms with Gasteiger partial charge in [0.15, 0.2) is 0 Å². The lowest BCUT2D eigenvalue weighted by Gasteiger charge is -2.18. The first-order valence-corrected chi connectivity index (χ1v) is 12.1. The van der Waals surface area contributed by atoms with Gasteiger partial charge in [-0.1, -0.05) is 103 Å². The zero-order chi connectivity index (χ0) is 22.5. The molecule has 4 aromatic rings. The highest BCUT2D eigenvalue weighted by Gasteiger charge is 2.28. The third-order valence-corrected chi connectivity index (χ3v) is 6.62. The summed E-state index contributed by atoms with van der Waals surface area (Å²) in [6, 6.07) is 32.6. The molecule has 1 aliphatic rings. The van der Waals surface area contributed by atoms with Crippen LogP contribution in [0, 0.1) is 0 Å². The summed E-state index contributed by atoms with van der Waals surface area (Å²) in [5, 5.41) is 0. The third kappa shape index (κ3) is 4.50. The molecule has 1 nitrogen and oxygen atoms in total. The summed E-state index contributed by atoms with van der Waals surface area (Å²) < 4.78 is 2.60. The number of benzene rings is 3. The highest BCUT2D eigenvalue weighted by atomic mass is 15.0. The lowest BCUT2D eigenvalue weighted by atomic mass is 9.85. The maximum atomic E-state index is 4.03. The summed E-state index contributed by atoms with van der Waals surface area (Å²) in [6.45, 7) is 4.92. The van der Waals surface area contributed by atoms with E-state index in [1.54, 1.807) is 0 Å². The van der Waals surface area contributed by atoms with Crippen LogP contribution in [0.1, 0.15) is 47.2 Å². The second-order valence-corrected chi connectivity index (χ2v) is 8.85. The first kappa shape index (κ1) is 21.3. The van der Waals surface area contributed by atoms with E-state index < -0.39 is 0 Å². The van der Waals surface area contributed by atoms with E-state index in [-0.39, 0.29) is 0 Å². The Kier molecular flexibility index (Phi) is 6.39. The van der Waals surface area contributed by atoms with Gasteiger partial charge in [-0.3, -0.25) is 0 Å². The molecule has 0 aliphatic heterocycles. The smallest absolute Gasteiger partial charge is 0.0524 e. The molecule has 0 saturated heterocycles. The Morgan fingerprint density at radius 2 is 1.45 bits per heavy atom. The van der Waals surface area contributed by atoms with Gasteiger partial charge in [-0.2, -0.15) is 0 Å².